The maximum atomic E-state index is 12.3. The second kappa shape index (κ2) is 7.87. The van der Waals surface area contributed by atoms with Gasteiger partial charge < -0.3 is 19.5 Å². The molecule has 1 aliphatic rings. The number of nitrogens with one attached hydrogen (secondary N) is 1. The second-order valence-corrected chi connectivity index (χ2v) is 7.73. The van der Waals surface area contributed by atoms with Crippen LogP contribution in [-0.2, 0) is 9.53 Å². The lowest BCUT2D eigenvalue weighted by atomic mass is 10.2. The molecule has 0 radical (unpaired) electrons. The van der Waals surface area contributed by atoms with Crippen molar-refractivity contribution in [3.63, 3.8) is 0 Å². The molecule has 144 valence electrons. The van der Waals surface area contributed by atoms with Gasteiger partial charge in [-0.05, 0) is 24.3 Å². The maximum absolute atomic E-state index is 12.3. The number of anilines is 1. The first-order valence-electron chi connectivity index (χ1n) is 8.25. The molecule has 1 N–H and O–H groups in total. The molecular weight excluding hydrogens is 425 g/mol. The Balaban J connectivity index is 1.39. The first kappa shape index (κ1) is 18.9. The molecule has 0 saturated carbocycles. The van der Waals surface area contributed by atoms with Crippen molar-refractivity contribution < 1.29 is 23.8 Å². The van der Waals surface area contributed by atoms with E-state index in [4.69, 9.17) is 37.4 Å². The van der Waals surface area contributed by atoms with Gasteiger partial charge in [0.15, 0.2) is 18.1 Å². The summed E-state index contributed by atoms with van der Waals surface area (Å²) in [6.07, 6.45) is 0. The molecule has 3 aromatic rings. The highest BCUT2D eigenvalue weighted by molar-refractivity contribution is 7.21. The van der Waals surface area contributed by atoms with Crippen LogP contribution >= 0.6 is 34.5 Å². The summed E-state index contributed by atoms with van der Waals surface area (Å²) in [5, 5.41) is 4.19. The minimum Gasteiger partial charge on any atom is -0.486 e. The van der Waals surface area contributed by atoms with Crippen molar-refractivity contribution in [1.29, 1.82) is 0 Å². The minimum atomic E-state index is -0.667. The monoisotopic (exact) mass is 437 g/mol. The lowest BCUT2D eigenvalue weighted by molar-refractivity contribution is -0.119. The highest BCUT2D eigenvalue weighted by atomic mass is 35.5. The molecule has 9 heteroatoms. The van der Waals surface area contributed by atoms with Crippen LogP contribution in [0.4, 0.5) is 5.69 Å². The molecule has 2 aromatic carbocycles. The van der Waals surface area contributed by atoms with Crippen molar-refractivity contribution in [1.82, 2.24) is 0 Å². The molecule has 6 nitrogen and oxygen atoms in total. The zero-order chi connectivity index (χ0) is 19.7. The molecule has 1 amide bonds. The lowest BCUT2D eigenvalue weighted by Gasteiger charge is -2.19. The van der Waals surface area contributed by atoms with Crippen molar-refractivity contribution in [3.8, 4) is 11.5 Å². The van der Waals surface area contributed by atoms with Crippen LogP contribution in [0.5, 0.6) is 11.5 Å². The number of carbonyl (C=O) groups excluding carboxylic acids is 2. The van der Waals surface area contributed by atoms with Gasteiger partial charge >= 0.3 is 5.97 Å². The number of halogens is 2. The van der Waals surface area contributed by atoms with Gasteiger partial charge in [-0.1, -0.05) is 29.3 Å². The van der Waals surface area contributed by atoms with Crippen LogP contribution in [-0.4, -0.2) is 31.7 Å². The predicted octanol–water partition coefficient (Wildman–Crippen LogP) is 4.77. The third-order valence-electron chi connectivity index (χ3n) is 3.94. The normalized spacial score (nSPS) is 12.6. The van der Waals surface area contributed by atoms with Gasteiger partial charge in [0.05, 0.1) is 5.02 Å². The number of rotatable bonds is 4. The van der Waals surface area contributed by atoms with Gasteiger partial charge in [-0.25, -0.2) is 4.79 Å². The van der Waals surface area contributed by atoms with E-state index in [1.165, 1.54) is 0 Å². The van der Waals surface area contributed by atoms with E-state index in [1.807, 2.05) is 0 Å². The van der Waals surface area contributed by atoms with Gasteiger partial charge in [0, 0.05) is 26.9 Å². The predicted molar refractivity (Wildman–Crippen MR) is 108 cm³/mol. The Morgan fingerprint density at radius 1 is 1.07 bits per heavy atom. The summed E-state index contributed by atoms with van der Waals surface area (Å²) in [6, 6.07) is 10.2. The van der Waals surface area contributed by atoms with Gasteiger partial charge in [-0.3, -0.25) is 4.79 Å². The maximum Gasteiger partial charge on any atom is 0.350 e. The Kier molecular flexibility index (Phi) is 5.30. The molecule has 4 rings (SSSR count). The highest BCUT2D eigenvalue weighted by Crippen LogP contribution is 2.37. The fourth-order valence-corrected chi connectivity index (χ4v) is 4.36. The molecule has 0 saturated heterocycles. The van der Waals surface area contributed by atoms with Gasteiger partial charge in [0.25, 0.3) is 5.91 Å². The average Bonchev–Trinajstić information content (AvgIpc) is 3.02. The molecule has 0 fully saturated rings. The summed E-state index contributed by atoms with van der Waals surface area (Å²) in [4.78, 5) is 24.7. The molecular formula is C19H13Cl2NO5S. The molecule has 0 aliphatic carbocycles. The van der Waals surface area contributed by atoms with E-state index in [9.17, 15) is 9.59 Å². The number of esters is 1. The first-order valence-corrected chi connectivity index (χ1v) is 9.82. The van der Waals surface area contributed by atoms with Crippen LogP contribution in [0.1, 0.15) is 9.67 Å². The summed E-state index contributed by atoms with van der Waals surface area (Å²) in [7, 11) is 0. The number of fused-ring (bicyclic) bond motifs is 2. The van der Waals surface area contributed by atoms with Crippen molar-refractivity contribution in [2.75, 3.05) is 25.1 Å². The van der Waals surface area contributed by atoms with Crippen molar-refractivity contribution in [3.05, 3.63) is 51.3 Å². The van der Waals surface area contributed by atoms with E-state index in [0.29, 0.717) is 40.8 Å². The molecule has 1 aromatic heterocycles. The Hall–Kier alpha value is -2.48. The minimum absolute atomic E-state index is 0.228. The van der Waals surface area contributed by atoms with Crippen LogP contribution in [0.2, 0.25) is 10.0 Å². The van der Waals surface area contributed by atoms with E-state index < -0.39 is 18.5 Å². The van der Waals surface area contributed by atoms with Crippen molar-refractivity contribution >= 4 is 62.2 Å². The number of thiophene rings is 1. The third-order valence-corrected chi connectivity index (χ3v) is 5.81. The topological polar surface area (TPSA) is 73.9 Å². The van der Waals surface area contributed by atoms with E-state index >= 15 is 0 Å². The fraction of sp³-hybridized carbons (Fsp3) is 0.158. The number of hydrogen-bond donors (Lipinski definition) is 1. The van der Waals surface area contributed by atoms with Crippen LogP contribution in [0.3, 0.4) is 0 Å². The fourth-order valence-electron chi connectivity index (χ4n) is 2.69. The third kappa shape index (κ3) is 3.87. The van der Waals surface area contributed by atoms with Gasteiger partial charge in [0.1, 0.15) is 18.1 Å². The quantitative estimate of drug-likeness (QED) is 0.594. The number of hydrogen-bond acceptors (Lipinski definition) is 6. The molecule has 0 unspecified atom stereocenters. The standard InChI is InChI=1S/C19H13Cl2NO5S/c20-10-1-3-12-15(7-10)28-18(17(12)21)19(24)27-9-16(23)22-11-2-4-13-14(8-11)26-6-5-25-13/h1-4,7-8H,5-6,9H2,(H,22,23). The van der Waals surface area contributed by atoms with Gasteiger partial charge in [-0.15, -0.1) is 11.3 Å². The Bertz CT molecular complexity index is 1080. The zero-order valence-corrected chi connectivity index (χ0v) is 16.6. The van der Waals surface area contributed by atoms with E-state index in [-0.39, 0.29) is 9.90 Å². The first-order chi connectivity index (χ1) is 13.5. The smallest absolute Gasteiger partial charge is 0.350 e. The molecule has 0 bridgehead atoms. The van der Waals surface area contributed by atoms with Crippen molar-refractivity contribution in [2.45, 2.75) is 0 Å². The number of carbonyl (C=O) groups is 2. The van der Waals surface area contributed by atoms with E-state index in [0.717, 1.165) is 16.0 Å². The number of ether oxygens (including phenoxy) is 3. The molecule has 0 atom stereocenters. The van der Waals surface area contributed by atoms with Crippen LogP contribution in [0.15, 0.2) is 36.4 Å². The number of benzene rings is 2. The van der Waals surface area contributed by atoms with Crippen LogP contribution in [0.25, 0.3) is 10.1 Å². The molecule has 0 spiro atoms. The van der Waals surface area contributed by atoms with Crippen LogP contribution in [0, 0.1) is 0 Å². The SMILES string of the molecule is O=C(COC(=O)c1sc2cc(Cl)ccc2c1Cl)Nc1ccc2c(c1)OCCO2. The summed E-state index contributed by atoms with van der Waals surface area (Å²) in [5.41, 5.74) is 0.514. The van der Waals surface area contributed by atoms with Crippen molar-refractivity contribution in [2.24, 2.45) is 0 Å². The lowest BCUT2D eigenvalue weighted by Crippen LogP contribution is -2.21. The second-order valence-electron chi connectivity index (χ2n) is 5.87. The Morgan fingerprint density at radius 2 is 1.86 bits per heavy atom. The number of amides is 1. The van der Waals surface area contributed by atoms with Gasteiger partial charge in [0.2, 0.25) is 0 Å². The average molecular weight is 438 g/mol. The largest absolute Gasteiger partial charge is 0.486 e. The zero-order valence-electron chi connectivity index (χ0n) is 14.3. The summed E-state index contributed by atoms with van der Waals surface area (Å²) in [5.74, 6) is 0.0249. The van der Waals surface area contributed by atoms with E-state index in [2.05, 4.69) is 5.32 Å². The summed E-state index contributed by atoms with van der Waals surface area (Å²) < 4.78 is 16.8. The molecule has 1 aliphatic heterocycles. The van der Waals surface area contributed by atoms with Crippen LogP contribution < -0.4 is 14.8 Å². The van der Waals surface area contributed by atoms with Gasteiger partial charge in [-0.2, -0.15) is 0 Å². The van der Waals surface area contributed by atoms with E-state index in [1.54, 1.807) is 36.4 Å². The molecule has 2 heterocycles. The Morgan fingerprint density at radius 3 is 2.68 bits per heavy atom. The summed E-state index contributed by atoms with van der Waals surface area (Å²) >= 11 is 13.4. The Labute approximate surface area is 173 Å². The summed E-state index contributed by atoms with van der Waals surface area (Å²) in [6.45, 7) is 0.489. The highest BCUT2D eigenvalue weighted by Gasteiger charge is 2.20. The molecule has 28 heavy (non-hydrogen) atoms.